The number of hydrogen-bond donors (Lipinski definition) is 2. The number of rotatable bonds is 4. The zero-order valence-electron chi connectivity index (χ0n) is 10.5. The maximum absolute atomic E-state index is 13.3. The van der Waals surface area contributed by atoms with Crippen LogP contribution in [0.4, 0.5) is 15.8 Å². The van der Waals surface area contributed by atoms with Crippen molar-refractivity contribution < 1.29 is 13.9 Å². The van der Waals surface area contributed by atoms with Gasteiger partial charge in [0.1, 0.15) is 11.6 Å². The zero-order valence-corrected chi connectivity index (χ0v) is 10.5. The highest BCUT2D eigenvalue weighted by atomic mass is 19.1. The van der Waals surface area contributed by atoms with E-state index in [2.05, 4.69) is 0 Å². The third-order valence-corrected chi connectivity index (χ3v) is 2.67. The minimum Gasteiger partial charge on any atom is -0.467 e. The van der Waals surface area contributed by atoms with E-state index >= 15 is 0 Å². The number of benzene rings is 2. The van der Waals surface area contributed by atoms with Crippen LogP contribution in [0.5, 0.6) is 5.75 Å². The second-order valence-corrected chi connectivity index (χ2v) is 4.04. The third kappa shape index (κ3) is 2.95. The van der Waals surface area contributed by atoms with Crippen molar-refractivity contribution in [3.8, 4) is 16.9 Å². The van der Waals surface area contributed by atoms with Crippen molar-refractivity contribution in [1.29, 1.82) is 0 Å². The van der Waals surface area contributed by atoms with Gasteiger partial charge in [0.05, 0.1) is 11.4 Å². The first kappa shape index (κ1) is 13.2. The van der Waals surface area contributed by atoms with Gasteiger partial charge in [0, 0.05) is 18.7 Å². The molecule has 2 aromatic carbocycles. The average Bonchev–Trinajstić information content (AvgIpc) is 2.40. The summed E-state index contributed by atoms with van der Waals surface area (Å²) in [7, 11) is 1.50. The molecule has 19 heavy (non-hydrogen) atoms. The summed E-state index contributed by atoms with van der Waals surface area (Å²) in [5, 5.41) is 0. The molecule has 2 aromatic rings. The molecule has 5 heteroatoms. The molecule has 0 aromatic heterocycles. The SMILES string of the molecule is COCOc1cc(F)ccc1-c1ccc(N)c(N)c1. The fourth-order valence-electron chi connectivity index (χ4n) is 1.72. The maximum Gasteiger partial charge on any atom is 0.188 e. The first-order valence-electron chi connectivity index (χ1n) is 5.68. The van der Waals surface area contributed by atoms with E-state index in [9.17, 15) is 4.39 Å². The Balaban J connectivity index is 2.45. The Kier molecular flexibility index (Phi) is 3.87. The Hall–Kier alpha value is -2.27. The summed E-state index contributed by atoms with van der Waals surface area (Å²) >= 11 is 0. The lowest BCUT2D eigenvalue weighted by Crippen LogP contribution is -2.01. The summed E-state index contributed by atoms with van der Waals surface area (Å²) < 4.78 is 23.5. The summed E-state index contributed by atoms with van der Waals surface area (Å²) in [6, 6.07) is 9.53. The highest BCUT2D eigenvalue weighted by Crippen LogP contribution is 2.33. The topological polar surface area (TPSA) is 70.5 Å². The van der Waals surface area contributed by atoms with Crippen LogP contribution in [0.15, 0.2) is 36.4 Å². The average molecular weight is 262 g/mol. The van der Waals surface area contributed by atoms with Crippen LogP contribution in [-0.4, -0.2) is 13.9 Å². The van der Waals surface area contributed by atoms with E-state index in [1.165, 1.54) is 19.2 Å². The molecule has 0 unspecified atom stereocenters. The van der Waals surface area contributed by atoms with Gasteiger partial charge in [0.2, 0.25) is 0 Å². The molecule has 0 aliphatic rings. The van der Waals surface area contributed by atoms with Crippen molar-refractivity contribution in [1.82, 2.24) is 0 Å². The van der Waals surface area contributed by atoms with Crippen LogP contribution in [0, 0.1) is 5.82 Å². The number of ether oxygens (including phenoxy) is 2. The van der Waals surface area contributed by atoms with Gasteiger partial charge in [-0.1, -0.05) is 6.07 Å². The van der Waals surface area contributed by atoms with Gasteiger partial charge < -0.3 is 20.9 Å². The number of methoxy groups -OCH3 is 1. The van der Waals surface area contributed by atoms with Crippen LogP contribution in [0.3, 0.4) is 0 Å². The Morgan fingerprint density at radius 1 is 1.05 bits per heavy atom. The van der Waals surface area contributed by atoms with Gasteiger partial charge in [-0.2, -0.15) is 0 Å². The molecule has 0 fully saturated rings. The van der Waals surface area contributed by atoms with Crippen molar-refractivity contribution in [3.63, 3.8) is 0 Å². The van der Waals surface area contributed by atoms with Crippen molar-refractivity contribution in [2.45, 2.75) is 0 Å². The third-order valence-electron chi connectivity index (χ3n) is 2.67. The van der Waals surface area contributed by atoms with E-state index in [0.29, 0.717) is 17.1 Å². The van der Waals surface area contributed by atoms with Gasteiger partial charge in [-0.15, -0.1) is 0 Å². The van der Waals surface area contributed by atoms with Crippen molar-refractivity contribution >= 4 is 11.4 Å². The van der Waals surface area contributed by atoms with Crippen molar-refractivity contribution in [2.24, 2.45) is 0 Å². The lowest BCUT2D eigenvalue weighted by Gasteiger charge is -2.12. The number of nitrogens with two attached hydrogens (primary N) is 2. The molecule has 0 heterocycles. The summed E-state index contributed by atoms with van der Waals surface area (Å²) in [6.07, 6.45) is 0. The Morgan fingerprint density at radius 2 is 1.84 bits per heavy atom. The van der Waals surface area contributed by atoms with E-state index < -0.39 is 0 Å². The fraction of sp³-hybridized carbons (Fsp3) is 0.143. The zero-order chi connectivity index (χ0) is 13.8. The molecule has 0 amide bonds. The number of hydrogen-bond acceptors (Lipinski definition) is 4. The molecule has 0 saturated heterocycles. The Bertz CT molecular complexity index is 588. The molecule has 100 valence electrons. The van der Waals surface area contributed by atoms with E-state index in [1.54, 1.807) is 24.3 Å². The van der Waals surface area contributed by atoms with Crippen LogP contribution >= 0.6 is 0 Å². The minimum atomic E-state index is -0.377. The molecule has 0 aliphatic heterocycles. The van der Waals surface area contributed by atoms with Crippen LogP contribution in [0.25, 0.3) is 11.1 Å². The number of anilines is 2. The van der Waals surface area contributed by atoms with Crippen LogP contribution < -0.4 is 16.2 Å². The quantitative estimate of drug-likeness (QED) is 0.656. The van der Waals surface area contributed by atoms with Gasteiger partial charge >= 0.3 is 0 Å². The first-order chi connectivity index (χ1) is 9.11. The Labute approximate surface area is 110 Å². The van der Waals surface area contributed by atoms with E-state index in [1.807, 2.05) is 0 Å². The van der Waals surface area contributed by atoms with Gasteiger partial charge in [0.15, 0.2) is 6.79 Å². The molecule has 0 atom stereocenters. The van der Waals surface area contributed by atoms with Gasteiger partial charge in [-0.25, -0.2) is 4.39 Å². The van der Waals surface area contributed by atoms with Gasteiger partial charge in [-0.05, 0) is 29.8 Å². The largest absolute Gasteiger partial charge is 0.467 e. The summed E-state index contributed by atoms with van der Waals surface area (Å²) in [5.74, 6) is 0.0179. The fourth-order valence-corrected chi connectivity index (χ4v) is 1.72. The number of nitrogen functional groups attached to an aromatic ring is 2. The standard InChI is InChI=1S/C14H15FN2O2/c1-18-8-19-14-7-10(15)3-4-11(14)9-2-5-12(16)13(17)6-9/h2-7H,8,16-17H2,1H3. The van der Waals surface area contributed by atoms with E-state index in [-0.39, 0.29) is 12.6 Å². The summed E-state index contributed by atoms with van der Waals surface area (Å²) in [4.78, 5) is 0. The van der Waals surface area contributed by atoms with E-state index in [4.69, 9.17) is 20.9 Å². The van der Waals surface area contributed by atoms with Crippen LogP contribution in [0.2, 0.25) is 0 Å². The van der Waals surface area contributed by atoms with Crippen molar-refractivity contribution in [2.75, 3.05) is 25.4 Å². The molecule has 0 saturated carbocycles. The molecular weight excluding hydrogens is 247 g/mol. The highest BCUT2D eigenvalue weighted by Gasteiger charge is 2.09. The molecular formula is C14H15FN2O2. The van der Waals surface area contributed by atoms with Crippen molar-refractivity contribution in [3.05, 3.63) is 42.2 Å². The molecule has 4 nitrogen and oxygen atoms in total. The Morgan fingerprint density at radius 3 is 2.53 bits per heavy atom. The monoisotopic (exact) mass is 262 g/mol. The van der Waals surface area contributed by atoms with Gasteiger partial charge in [0.25, 0.3) is 0 Å². The molecule has 2 rings (SSSR count). The predicted molar refractivity (Wildman–Crippen MR) is 73.2 cm³/mol. The summed E-state index contributed by atoms with van der Waals surface area (Å²) in [5.41, 5.74) is 14.0. The first-order valence-corrected chi connectivity index (χ1v) is 5.68. The molecule has 4 N–H and O–H groups in total. The highest BCUT2D eigenvalue weighted by molar-refractivity contribution is 5.77. The maximum atomic E-state index is 13.3. The molecule has 0 spiro atoms. The lowest BCUT2D eigenvalue weighted by atomic mass is 10.0. The molecule has 0 aliphatic carbocycles. The number of halogens is 1. The summed E-state index contributed by atoms with van der Waals surface area (Å²) in [6.45, 7) is 0.0426. The van der Waals surface area contributed by atoms with Crippen LogP contribution in [-0.2, 0) is 4.74 Å². The van der Waals surface area contributed by atoms with Gasteiger partial charge in [-0.3, -0.25) is 0 Å². The normalized spacial score (nSPS) is 10.4. The lowest BCUT2D eigenvalue weighted by molar-refractivity contribution is 0.0513. The smallest absolute Gasteiger partial charge is 0.188 e. The van der Waals surface area contributed by atoms with E-state index in [0.717, 1.165) is 11.1 Å². The second-order valence-electron chi connectivity index (χ2n) is 4.04. The minimum absolute atomic E-state index is 0.0426. The molecule has 0 radical (unpaired) electrons. The molecule has 0 bridgehead atoms. The predicted octanol–water partition coefficient (Wildman–Crippen LogP) is 2.64. The van der Waals surface area contributed by atoms with Crippen LogP contribution in [0.1, 0.15) is 0 Å². The second kappa shape index (κ2) is 5.58.